The molecule has 0 amide bonds. The summed E-state index contributed by atoms with van der Waals surface area (Å²) < 4.78 is 1.59. The second kappa shape index (κ2) is 5.81. The van der Waals surface area contributed by atoms with E-state index in [1.165, 1.54) is 10.6 Å². The number of aliphatic imine (C=N–C) groups is 1. The molecule has 2 aromatic rings. The van der Waals surface area contributed by atoms with Crippen molar-refractivity contribution in [3.05, 3.63) is 67.9 Å². The van der Waals surface area contributed by atoms with E-state index >= 15 is 0 Å². The summed E-state index contributed by atoms with van der Waals surface area (Å²) in [6, 6.07) is 5.81. The molecule has 3 rings (SSSR count). The first-order valence-corrected chi connectivity index (χ1v) is 7.46. The molecule has 0 bridgehead atoms. The highest BCUT2D eigenvalue weighted by molar-refractivity contribution is 7.71. The summed E-state index contributed by atoms with van der Waals surface area (Å²) >= 11 is 5.22. The second-order valence-electron chi connectivity index (χ2n) is 5.38. The molecule has 0 atom stereocenters. The molecule has 1 aromatic carbocycles. The Bertz CT molecular complexity index is 960. The summed E-state index contributed by atoms with van der Waals surface area (Å²) in [4.78, 5) is 18.8. The number of aryl methyl sites for hydroxylation is 2. The molecule has 23 heavy (non-hydrogen) atoms. The first-order valence-electron chi connectivity index (χ1n) is 7.05. The maximum atomic E-state index is 12.1. The number of nitrogens with zero attached hydrogens (tertiary/aromatic N) is 2. The molecule has 116 valence electrons. The highest BCUT2D eigenvalue weighted by Gasteiger charge is 2.13. The zero-order valence-corrected chi connectivity index (χ0v) is 13.5. The number of allylic oxidation sites excluding steroid dienone is 2. The predicted octanol–water partition coefficient (Wildman–Crippen LogP) is 3.20. The normalized spacial score (nSPS) is 14.8. The zero-order valence-electron chi connectivity index (χ0n) is 12.7. The van der Waals surface area contributed by atoms with Gasteiger partial charge in [-0.05, 0) is 67.6 Å². The Hall–Kier alpha value is -2.73. The topological polar surface area (TPSA) is 70.4 Å². The summed E-state index contributed by atoms with van der Waals surface area (Å²) in [5.74, 6) is -0.202. The van der Waals surface area contributed by atoms with E-state index < -0.39 is 5.56 Å². The van der Waals surface area contributed by atoms with Crippen LogP contribution in [0.2, 0.25) is 0 Å². The van der Waals surface area contributed by atoms with E-state index in [0.29, 0.717) is 11.4 Å². The van der Waals surface area contributed by atoms with Crippen molar-refractivity contribution in [1.82, 2.24) is 9.55 Å². The number of aromatic hydroxyl groups is 1. The van der Waals surface area contributed by atoms with Gasteiger partial charge < -0.3 is 5.11 Å². The summed E-state index contributed by atoms with van der Waals surface area (Å²) in [6.07, 6.45) is 6.66. The van der Waals surface area contributed by atoms with Crippen molar-refractivity contribution >= 4 is 24.5 Å². The van der Waals surface area contributed by atoms with Crippen LogP contribution in [0.4, 0.5) is 0 Å². The number of H-pyrrole nitrogens is 1. The molecule has 1 aromatic heterocycles. The van der Waals surface area contributed by atoms with E-state index in [4.69, 9.17) is 12.2 Å². The van der Waals surface area contributed by atoms with Gasteiger partial charge in [-0.15, -0.1) is 0 Å². The number of rotatable bonds is 2. The smallest absolute Gasteiger partial charge is 0.262 e. The van der Waals surface area contributed by atoms with Gasteiger partial charge in [0.1, 0.15) is 5.56 Å². The van der Waals surface area contributed by atoms with Gasteiger partial charge in [0, 0.05) is 6.21 Å². The summed E-state index contributed by atoms with van der Waals surface area (Å²) in [5.41, 5.74) is 3.04. The minimum atomic E-state index is -0.448. The molecular formula is C17H15N3O2S. The summed E-state index contributed by atoms with van der Waals surface area (Å²) in [7, 11) is 0. The Kier molecular flexibility index (Phi) is 3.83. The maximum Gasteiger partial charge on any atom is 0.262 e. The van der Waals surface area contributed by atoms with Gasteiger partial charge >= 0.3 is 0 Å². The largest absolute Gasteiger partial charge is 0.494 e. The predicted molar refractivity (Wildman–Crippen MR) is 94.0 cm³/mol. The van der Waals surface area contributed by atoms with E-state index in [-0.39, 0.29) is 16.2 Å². The molecule has 0 fully saturated rings. The van der Waals surface area contributed by atoms with Gasteiger partial charge in [-0.3, -0.25) is 19.3 Å². The van der Waals surface area contributed by atoms with Crippen LogP contribution in [0.3, 0.4) is 0 Å². The molecule has 0 saturated heterocycles. The van der Waals surface area contributed by atoms with Gasteiger partial charge in [0.05, 0.1) is 11.4 Å². The third-order valence-electron chi connectivity index (χ3n) is 3.45. The molecular weight excluding hydrogens is 310 g/mol. The average molecular weight is 325 g/mol. The van der Waals surface area contributed by atoms with E-state index in [1.807, 2.05) is 32.0 Å². The van der Waals surface area contributed by atoms with Crippen LogP contribution in [0.1, 0.15) is 16.7 Å². The van der Waals surface area contributed by atoms with Gasteiger partial charge in [0.2, 0.25) is 5.88 Å². The number of aromatic amines is 1. The average Bonchev–Trinajstić information content (AvgIpc) is 2.95. The quantitative estimate of drug-likeness (QED) is 0.833. The Morgan fingerprint density at radius 1 is 1.26 bits per heavy atom. The number of nitrogens with one attached hydrogen (secondary N) is 1. The van der Waals surface area contributed by atoms with Gasteiger partial charge in [-0.1, -0.05) is 6.07 Å². The van der Waals surface area contributed by atoms with Gasteiger partial charge in [0.25, 0.3) is 5.56 Å². The van der Waals surface area contributed by atoms with Crippen LogP contribution in [-0.4, -0.2) is 20.9 Å². The molecule has 2 N–H and O–H groups in total. The lowest BCUT2D eigenvalue weighted by Crippen LogP contribution is -2.16. The molecule has 0 saturated carbocycles. The minimum absolute atomic E-state index is 0.122. The van der Waals surface area contributed by atoms with Crippen molar-refractivity contribution in [1.29, 1.82) is 0 Å². The standard InChI is InChI=1S/C17H15N3O2S/c1-10-6-11(2)8-13(7-10)20-16(22)14(15(21)19-17(20)23)9-12-4-3-5-18-12/h3-9,22H,1-2H3,(H,19,21,23)/b12-9-. The molecule has 0 radical (unpaired) electrons. The van der Waals surface area contributed by atoms with Crippen LogP contribution < -0.4 is 5.56 Å². The van der Waals surface area contributed by atoms with E-state index in [1.54, 1.807) is 18.4 Å². The number of benzene rings is 1. The first kappa shape index (κ1) is 15.2. The molecule has 5 nitrogen and oxygen atoms in total. The number of hydrogen-bond donors (Lipinski definition) is 2. The van der Waals surface area contributed by atoms with Gasteiger partial charge in [-0.25, -0.2) is 0 Å². The fourth-order valence-corrected chi connectivity index (χ4v) is 2.82. The van der Waals surface area contributed by atoms with Crippen LogP contribution in [-0.2, 0) is 0 Å². The van der Waals surface area contributed by atoms with E-state index in [2.05, 4.69) is 9.98 Å². The highest BCUT2D eigenvalue weighted by atomic mass is 32.1. The molecule has 2 heterocycles. The molecule has 0 unspecified atom stereocenters. The van der Waals surface area contributed by atoms with E-state index in [9.17, 15) is 9.90 Å². The van der Waals surface area contributed by atoms with Crippen LogP contribution in [0.15, 0.2) is 45.8 Å². The zero-order chi connectivity index (χ0) is 16.6. The summed E-state index contributed by atoms with van der Waals surface area (Å²) in [6.45, 7) is 3.92. The Morgan fingerprint density at radius 2 is 1.96 bits per heavy atom. The van der Waals surface area contributed by atoms with Gasteiger partial charge in [-0.2, -0.15) is 0 Å². The lowest BCUT2D eigenvalue weighted by molar-refractivity contribution is 0.432. The van der Waals surface area contributed by atoms with Crippen LogP contribution in [0.5, 0.6) is 5.88 Å². The van der Waals surface area contributed by atoms with Crippen molar-refractivity contribution in [3.8, 4) is 11.6 Å². The van der Waals surface area contributed by atoms with Crippen LogP contribution in [0, 0.1) is 18.6 Å². The Balaban J connectivity index is 2.28. The number of aromatic nitrogens is 2. The van der Waals surface area contributed by atoms with Gasteiger partial charge in [0.15, 0.2) is 4.77 Å². The maximum absolute atomic E-state index is 12.1. The van der Waals surface area contributed by atoms with Crippen LogP contribution >= 0.6 is 12.2 Å². The van der Waals surface area contributed by atoms with Crippen molar-refractivity contribution < 1.29 is 5.11 Å². The molecule has 6 heteroatoms. The molecule has 1 aliphatic rings. The SMILES string of the molecule is Cc1cc(C)cc(-n2c(O)c(/C=C3/C=CC=N3)c(=O)[nH]c2=S)c1. The monoisotopic (exact) mass is 325 g/mol. The molecule has 0 aliphatic carbocycles. The lowest BCUT2D eigenvalue weighted by atomic mass is 10.1. The van der Waals surface area contributed by atoms with E-state index in [0.717, 1.165) is 11.1 Å². The Labute approximate surface area is 138 Å². The first-order chi connectivity index (χ1) is 11.0. The fourth-order valence-electron chi connectivity index (χ4n) is 2.53. The third kappa shape index (κ3) is 2.93. The Morgan fingerprint density at radius 3 is 2.57 bits per heavy atom. The third-order valence-corrected chi connectivity index (χ3v) is 3.74. The second-order valence-corrected chi connectivity index (χ2v) is 5.77. The van der Waals surface area contributed by atoms with Crippen molar-refractivity contribution in [3.63, 3.8) is 0 Å². The van der Waals surface area contributed by atoms with Crippen molar-refractivity contribution in [2.24, 2.45) is 4.99 Å². The number of hydrogen-bond acceptors (Lipinski definition) is 4. The summed E-state index contributed by atoms with van der Waals surface area (Å²) in [5, 5.41) is 10.6. The minimum Gasteiger partial charge on any atom is -0.494 e. The fraction of sp³-hybridized carbons (Fsp3) is 0.118. The lowest BCUT2D eigenvalue weighted by Gasteiger charge is -2.13. The molecule has 0 spiro atoms. The van der Waals surface area contributed by atoms with Crippen LogP contribution in [0.25, 0.3) is 11.8 Å². The molecule has 1 aliphatic heterocycles. The van der Waals surface area contributed by atoms with Crippen molar-refractivity contribution in [2.45, 2.75) is 13.8 Å². The van der Waals surface area contributed by atoms with Crippen molar-refractivity contribution in [2.75, 3.05) is 0 Å². The highest BCUT2D eigenvalue weighted by Crippen LogP contribution is 2.23.